The van der Waals surface area contributed by atoms with E-state index in [4.69, 9.17) is 0 Å². The molecule has 2 nitrogen and oxygen atoms in total. The number of rotatable bonds is 1. The Morgan fingerprint density at radius 3 is 2.81 bits per heavy atom. The first-order valence-electron chi connectivity index (χ1n) is 5.74. The molecule has 1 aliphatic rings. The molecule has 0 bridgehead atoms. The average molecular weight is 222 g/mol. The maximum Gasteiger partial charge on any atom is 0.125 e. The molecule has 1 N–H and O–H groups in total. The molecule has 1 aromatic rings. The summed E-state index contributed by atoms with van der Waals surface area (Å²) in [6.07, 6.45) is 0. The molecule has 0 amide bonds. The van der Waals surface area contributed by atoms with Gasteiger partial charge in [-0.1, -0.05) is 6.07 Å². The Morgan fingerprint density at radius 1 is 1.44 bits per heavy atom. The summed E-state index contributed by atoms with van der Waals surface area (Å²) >= 11 is 0. The molecule has 3 heteroatoms. The van der Waals surface area contributed by atoms with Gasteiger partial charge in [-0.25, -0.2) is 4.39 Å². The summed E-state index contributed by atoms with van der Waals surface area (Å²) in [4.78, 5) is 2.24. The Kier molecular flexibility index (Phi) is 2.89. The van der Waals surface area contributed by atoms with Crippen LogP contribution in [0.25, 0.3) is 0 Å². The molecule has 1 saturated heterocycles. The summed E-state index contributed by atoms with van der Waals surface area (Å²) in [5.74, 6) is -0.165. The van der Waals surface area contributed by atoms with Gasteiger partial charge in [0.05, 0.1) is 0 Å². The highest BCUT2D eigenvalue weighted by Gasteiger charge is 2.29. The predicted molar refractivity (Wildman–Crippen MR) is 65.3 cm³/mol. The molecule has 1 atom stereocenters. The van der Waals surface area contributed by atoms with Crippen molar-refractivity contribution < 1.29 is 4.39 Å². The molecule has 16 heavy (non-hydrogen) atoms. The lowest BCUT2D eigenvalue weighted by Crippen LogP contribution is -2.61. The molecular formula is C13H19FN2. The monoisotopic (exact) mass is 222 g/mol. The van der Waals surface area contributed by atoms with Gasteiger partial charge in [-0.05, 0) is 39.0 Å². The van der Waals surface area contributed by atoms with Crippen LogP contribution in [-0.4, -0.2) is 24.7 Å². The van der Waals surface area contributed by atoms with Crippen molar-refractivity contribution in [3.63, 3.8) is 0 Å². The number of hydrogen-bond acceptors (Lipinski definition) is 2. The molecular weight excluding hydrogens is 203 g/mol. The van der Waals surface area contributed by atoms with Crippen LogP contribution in [0.1, 0.15) is 20.8 Å². The van der Waals surface area contributed by atoms with Gasteiger partial charge in [-0.3, -0.25) is 0 Å². The van der Waals surface area contributed by atoms with Crippen LogP contribution in [0.15, 0.2) is 24.3 Å². The van der Waals surface area contributed by atoms with Crippen LogP contribution in [0.3, 0.4) is 0 Å². The lowest BCUT2D eigenvalue weighted by molar-refractivity contribution is 0.301. The number of piperazine rings is 1. The molecule has 1 unspecified atom stereocenters. The molecule has 0 spiro atoms. The molecule has 88 valence electrons. The minimum Gasteiger partial charge on any atom is -0.368 e. The quantitative estimate of drug-likeness (QED) is 0.785. The minimum absolute atomic E-state index is 0.0734. The molecule has 0 saturated carbocycles. The molecule has 0 aromatic heterocycles. The van der Waals surface area contributed by atoms with E-state index in [1.54, 1.807) is 12.1 Å². The van der Waals surface area contributed by atoms with Gasteiger partial charge in [-0.2, -0.15) is 0 Å². The van der Waals surface area contributed by atoms with Gasteiger partial charge in [0.2, 0.25) is 0 Å². The third-order valence-electron chi connectivity index (χ3n) is 2.89. The van der Waals surface area contributed by atoms with Gasteiger partial charge in [0.1, 0.15) is 5.82 Å². The Bertz CT molecular complexity index is 376. The highest BCUT2D eigenvalue weighted by atomic mass is 19.1. The van der Waals surface area contributed by atoms with Gasteiger partial charge < -0.3 is 10.2 Å². The average Bonchev–Trinajstić information content (AvgIpc) is 2.14. The van der Waals surface area contributed by atoms with Crippen molar-refractivity contribution in [2.75, 3.05) is 18.0 Å². The second kappa shape index (κ2) is 4.06. The number of anilines is 1. The highest BCUT2D eigenvalue weighted by Crippen LogP contribution is 2.22. The predicted octanol–water partition coefficient (Wildman–Crippen LogP) is 2.40. The Morgan fingerprint density at radius 2 is 2.19 bits per heavy atom. The van der Waals surface area contributed by atoms with E-state index in [1.807, 2.05) is 6.07 Å². The zero-order valence-electron chi connectivity index (χ0n) is 10.1. The number of hydrogen-bond donors (Lipinski definition) is 1. The first-order chi connectivity index (χ1) is 7.46. The van der Waals surface area contributed by atoms with E-state index in [0.717, 1.165) is 18.8 Å². The van der Waals surface area contributed by atoms with E-state index >= 15 is 0 Å². The van der Waals surface area contributed by atoms with Crippen molar-refractivity contribution in [1.82, 2.24) is 5.32 Å². The number of halogens is 1. The van der Waals surface area contributed by atoms with Gasteiger partial charge in [0, 0.05) is 30.4 Å². The fourth-order valence-electron chi connectivity index (χ4n) is 2.50. The summed E-state index contributed by atoms with van der Waals surface area (Å²) in [6.45, 7) is 8.34. The van der Waals surface area contributed by atoms with Gasteiger partial charge in [0.25, 0.3) is 0 Å². The van der Waals surface area contributed by atoms with Gasteiger partial charge in [-0.15, -0.1) is 0 Å². The van der Waals surface area contributed by atoms with Crippen molar-refractivity contribution in [3.05, 3.63) is 30.1 Å². The van der Waals surface area contributed by atoms with E-state index in [0.29, 0.717) is 6.04 Å². The van der Waals surface area contributed by atoms with E-state index in [1.165, 1.54) is 6.07 Å². The number of benzene rings is 1. The second-order valence-electron chi connectivity index (χ2n) is 5.29. The molecule has 2 rings (SSSR count). The van der Waals surface area contributed by atoms with Crippen molar-refractivity contribution >= 4 is 5.69 Å². The summed E-state index contributed by atoms with van der Waals surface area (Å²) in [7, 11) is 0. The van der Waals surface area contributed by atoms with Gasteiger partial charge in [0.15, 0.2) is 0 Å². The summed E-state index contributed by atoms with van der Waals surface area (Å²) in [6, 6.07) is 7.25. The molecule has 1 aromatic carbocycles. The van der Waals surface area contributed by atoms with Crippen LogP contribution in [0.2, 0.25) is 0 Å². The van der Waals surface area contributed by atoms with Gasteiger partial charge >= 0.3 is 0 Å². The van der Waals surface area contributed by atoms with Crippen LogP contribution in [0, 0.1) is 5.82 Å². The summed E-state index contributed by atoms with van der Waals surface area (Å²) in [5.41, 5.74) is 1.05. The Hall–Kier alpha value is -1.09. The Labute approximate surface area is 96.5 Å². The third-order valence-corrected chi connectivity index (χ3v) is 2.89. The Balaban J connectivity index is 2.21. The molecule has 1 aliphatic heterocycles. The van der Waals surface area contributed by atoms with Crippen molar-refractivity contribution in [2.45, 2.75) is 32.4 Å². The SMILES string of the molecule is CC1CN(c2cccc(F)c2)CC(C)(C)N1. The normalized spacial score (nSPS) is 24.5. The van der Waals surface area contributed by atoms with Crippen LogP contribution in [0.4, 0.5) is 10.1 Å². The largest absolute Gasteiger partial charge is 0.368 e. The first kappa shape index (κ1) is 11.4. The number of nitrogens with zero attached hydrogens (tertiary/aromatic N) is 1. The second-order valence-corrected chi connectivity index (χ2v) is 5.29. The zero-order valence-corrected chi connectivity index (χ0v) is 10.1. The third kappa shape index (κ3) is 2.53. The molecule has 1 fully saturated rings. The summed E-state index contributed by atoms with van der Waals surface area (Å²) in [5, 5.41) is 3.53. The minimum atomic E-state index is -0.165. The molecule has 0 aliphatic carbocycles. The zero-order chi connectivity index (χ0) is 11.8. The highest BCUT2D eigenvalue weighted by molar-refractivity contribution is 5.47. The summed E-state index contributed by atoms with van der Waals surface area (Å²) < 4.78 is 13.2. The molecule has 1 heterocycles. The fourth-order valence-corrected chi connectivity index (χ4v) is 2.50. The van der Waals surface area contributed by atoms with E-state index in [9.17, 15) is 4.39 Å². The van der Waals surface area contributed by atoms with Crippen molar-refractivity contribution in [2.24, 2.45) is 0 Å². The van der Waals surface area contributed by atoms with Crippen molar-refractivity contribution in [1.29, 1.82) is 0 Å². The molecule has 0 radical (unpaired) electrons. The maximum absolute atomic E-state index is 13.2. The van der Waals surface area contributed by atoms with E-state index in [-0.39, 0.29) is 11.4 Å². The van der Waals surface area contributed by atoms with Crippen LogP contribution >= 0.6 is 0 Å². The lowest BCUT2D eigenvalue weighted by Gasteiger charge is -2.43. The smallest absolute Gasteiger partial charge is 0.125 e. The lowest BCUT2D eigenvalue weighted by atomic mass is 9.98. The topological polar surface area (TPSA) is 15.3 Å². The fraction of sp³-hybridized carbons (Fsp3) is 0.538. The van der Waals surface area contributed by atoms with E-state index < -0.39 is 0 Å². The van der Waals surface area contributed by atoms with E-state index in [2.05, 4.69) is 31.0 Å². The van der Waals surface area contributed by atoms with Crippen molar-refractivity contribution in [3.8, 4) is 0 Å². The maximum atomic E-state index is 13.2. The van der Waals surface area contributed by atoms with Crippen LogP contribution in [0.5, 0.6) is 0 Å². The number of nitrogens with one attached hydrogen (secondary N) is 1. The first-order valence-corrected chi connectivity index (χ1v) is 5.74. The van der Waals surface area contributed by atoms with Crippen LogP contribution < -0.4 is 10.2 Å². The van der Waals surface area contributed by atoms with Crippen LogP contribution in [-0.2, 0) is 0 Å². The standard InChI is InChI=1S/C13H19FN2/c1-10-8-16(9-13(2,3)15-10)12-6-4-5-11(14)7-12/h4-7,10,15H,8-9H2,1-3H3.